The molecule has 0 radical (unpaired) electrons. The molecule has 0 bridgehead atoms. The predicted molar refractivity (Wildman–Crippen MR) is 89.6 cm³/mol. The Kier molecular flexibility index (Phi) is 5.13. The molecule has 2 heterocycles. The number of aliphatic hydroxyl groups excluding tert-OH is 1. The monoisotopic (exact) mass is 351 g/mol. The van der Waals surface area contributed by atoms with Gasteiger partial charge in [-0.15, -0.1) is 0 Å². The van der Waals surface area contributed by atoms with Gasteiger partial charge in [-0.2, -0.15) is 4.99 Å². The number of thiocarbonyl (C=S) groups is 1. The maximum atomic E-state index is 9.91. The maximum Gasteiger partial charge on any atom is 0.220 e. The molecule has 2 aliphatic rings. The number of isothiocyanates is 1. The van der Waals surface area contributed by atoms with Crippen molar-refractivity contribution < 1.29 is 24.1 Å². The van der Waals surface area contributed by atoms with Crippen molar-refractivity contribution in [3.05, 3.63) is 35.9 Å². The Morgan fingerprint density at radius 3 is 2.75 bits per heavy atom. The first-order valence-electron chi connectivity index (χ1n) is 7.85. The van der Waals surface area contributed by atoms with Crippen LogP contribution in [0.1, 0.15) is 19.4 Å². The summed E-state index contributed by atoms with van der Waals surface area (Å²) in [6, 6.07) is 9.73. The Bertz CT molecular complexity index is 619. The van der Waals surface area contributed by atoms with Crippen LogP contribution >= 0.6 is 12.2 Å². The normalized spacial score (nSPS) is 34.4. The number of hydrogen-bond acceptors (Lipinski definition) is 7. The Labute approximate surface area is 146 Å². The van der Waals surface area contributed by atoms with Gasteiger partial charge in [0.2, 0.25) is 5.72 Å². The van der Waals surface area contributed by atoms with Gasteiger partial charge in [0, 0.05) is 0 Å². The molecule has 0 saturated carbocycles. The quantitative estimate of drug-likeness (QED) is 0.646. The standard InChI is InChI=1S/C17H21NO5S/c1-16(2)22-13-9-21-17(10-19,18-11-24)15(14(13)23-16)20-8-12-6-4-3-5-7-12/h3-7,13-15,19H,8-10H2,1-2H3/t13-,14-,15+,17-/m1/s1. The highest BCUT2D eigenvalue weighted by molar-refractivity contribution is 7.78. The van der Waals surface area contributed by atoms with Gasteiger partial charge >= 0.3 is 0 Å². The van der Waals surface area contributed by atoms with E-state index in [1.165, 1.54) is 0 Å². The van der Waals surface area contributed by atoms with Crippen molar-refractivity contribution in [3.63, 3.8) is 0 Å². The van der Waals surface area contributed by atoms with Crippen molar-refractivity contribution in [2.75, 3.05) is 13.2 Å². The van der Waals surface area contributed by atoms with E-state index in [4.69, 9.17) is 31.2 Å². The maximum absolute atomic E-state index is 9.91. The fraction of sp³-hybridized carbons (Fsp3) is 0.588. The van der Waals surface area contributed by atoms with Crippen molar-refractivity contribution in [2.45, 2.75) is 50.3 Å². The second-order valence-corrected chi connectivity index (χ2v) is 6.56. The van der Waals surface area contributed by atoms with Gasteiger partial charge < -0.3 is 24.1 Å². The first-order valence-corrected chi connectivity index (χ1v) is 8.25. The van der Waals surface area contributed by atoms with Gasteiger partial charge in [0.25, 0.3) is 0 Å². The molecule has 0 unspecified atom stereocenters. The fourth-order valence-electron chi connectivity index (χ4n) is 3.14. The van der Waals surface area contributed by atoms with E-state index in [1.54, 1.807) is 0 Å². The number of hydrogen-bond donors (Lipinski definition) is 1. The number of aliphatic imine (C=N–C) groups is 1. The van der Waals surface area contributed by atoms with E-state index in [0.717, 1.165) is 5.56 Å². The van der Waals surface area contributed by atoms with Crippen molar-refractivity contribution in [1.29, 1.82) is 0 Å². The molecule has 4 atom stereocenters. The molecule has 2 aliphatic heterocycles. The van der Waals surface area contributed by atoms with Gasteiger partial charge in [-0.25, -0.2) is 0 Å². The summed E-state index contributed by atoms with van der Waals surface area (Å²) >= 11 is 4.73. The number of nitrogens with zero attached hydrogens (tertiary/aromatic N) is 1. The van der Waals surface area contributed by atoms with E-state index in [-0.39, 0.29) is 19.3 Å². The lowest BCUT2D eigenvalue weighted by Gasteiger charge is -2.42. The Morgan fingerprint density at radius 1 is 1.33 bits per heavy atom. The Balaban J connectivity index is 1.86. The molecule has 0 spiro atoms. The third-order valence-corrected chi connectivity index (χ3v) is 4.29. The van der Waals surface area contributed by atoms with Gasteiger partial charge in [0.05, 0.1) is 25.0 Å². The average Bonchev–Trinajstić information content (AvgIpc) is 2.89. The molecular weight excluding hydrogens is 330 g/mol. The van der Waals surface area contributed by atoms with Crippen molar-refractivity contribution in [3.8, 4) is 0 Å². The van der Waals surface area contributed by atoms with E-state index in [0.29, 0.717) is 6.61 Å². The number of benzene rings is 1. The summed E-state index contributed by atoms with van der Waals surface area (Å²) in [5.41, 5.74) is -0.336. The summed E-state index contributed by atoms with van der Waals surface area (Å²) in [6.45, 7) is 3.85. The van der Waals surface area contributed by atoms with E-state index in [2.05, 4.69) is 10.2 Å². The van der Waals surface area contributed by atoms with Crippen LogP contribution in [0.25, 0.3) is 0 Å². The number of aliphatic hydroxyl groups is 1. The van der Waals surface area contributed by atoms with E-state index in [1.807, 2.05) is 44.2 Å². The Hall–Kier alpha value is -1.18. The zero-order valence-electron chi connectivity index (χ0n) is 13.7. The van der Waals surface area contributed by atoms with Crippen LogP contribution in [-0.4, -0.2) is 53.3 Å². The van der Waals surface area contributed by atoms with Gasteiger partial charge in [0.15, 0.2) is 5.79 Å². The summed E-state index contributed by atoms with van der Waals surface area (Å²) < 4.78 is 23.7. The molecule has 130 valence electrons. The minimum absolute atomic E-state index is 0.236. The highest BCUT2D eigenvalue weighted by Crippen LogP contribution is 2.40. The summed E-state index contributed by atoms with van der Waals surface area (Å²) in [5.74, 6) is -0.750. The topological polar surface area (TPSA) is 69.5 Å². The highest BCUT2D eigenvalue weighted by Gasteiger charge is 2.58. The van der Waals surface area contributed by atoms with Crippen molar-refractivity contribution in [1.82, 2.24) is 0 Å². The molecule has 0 aromatic heterocycles. The van der Waals surface area contributed by atoms with Crippen LogP contribution < -0.4 is 0 Å². The van der Waals surface area contributed by atoms with Gasteiger partial charge in [-0.3, -0.25) is 0 Å². The molecule has 1 N–H and O–H groups in total. The Morgan fingerprint density at radius 2 is 2.08 bits per heavy atom. The molecular formula is C17H21NO5S. The van der Waals surface area contributed by atoms with Crippen LogP contribution in [0.5, 0.6) is 0 Å². The van der Waals surface area contributed by atoms with Gasteiger partial charge in [-0.1, -0.05) is 30.3 Å². The van der Waals surface area contributed by atoms with Crippen molar-refractivity contribution >= 4 is 17.4 Å². The lowest BCUT2D eigenvalue weighted by atomic mass is 9.95. The zero-order valence-corrected chi connectivity index (χ0v) is 14.5. The molecule has 3 rings (SSSR count). The SMILES string of the molecule is CC1(C)O[C@@H]2[C@@H](CO[C@@](CO)(N=C=S)[C@H]2OCc2ccccc2)O1. The summed E-state index contributed by atoms with van der Waals surface area (Å²) in [5, 5.41) is 12.2. The van der Waals surface area contributed by atoms with Crippen LogP contribution in [0.2, 0.25) is 0 Å². The molecule has 0 aliphatic carbocycles. The third kappa shape index (κ3) is 3.43. The second kappa shape index (κ2) is 6.98. The van der Waals surface area contributed by atoms with Crippen LogP contribution in [-0.2, 0) is 25.6 Å². The summed E-state index contributed by atoms with van der Waals surface area (Å²) in [6.07, 6.45) is -1.38. The molecule has 1 aromatic carbocycles. The first kappa shape index (κ1) is 17.6. The largest absolute Gasteiger partial charge is 0.391 e. The van der Waals surface area contributed by atoms with Crippen LogP contribution in [0.4, 0.5) is 0 Å². The summed E-state index contributed by atoms with van der Waals surface area (Å²) in [7, 11) is 0. The number of rotatable bonds is 5. The van der Waals surface area contributed by atoms with E-state index < -0.39 is 23.7 Å². The minimum Gasteiger partial charge on any atom is -0.391 e. The van der Waals surface area contributed by atoms with Crippen LogP contribution in [0.3, 0.4) is 0 Å². The fourth-order valence-corrected chi connectivity index (χ4v) is 3.30. The number of ether oxygens (including phenoxy) is 4. The van der Waals surface area contributed by atoms with Gasteiger partial charge in [-0.05, 0) is 31.6 Å². The third-order valence-electron chi connectivity index (χ3n) is 4.20. The molecule has 0 amide bonds. The molecule has 6 nitrogen and oxygen atoms in total. The first-order chi connectivity index (χ1) is 11.5. The average molecular weight is 351 g/mol. The van der Waals surface area contributed by atoms with Gasteiger partial charge in [0.1, 0.15) is 18.3 Å². The lowest BCUT2D eigenvalue weighted by molar-refractivity contribution is -0.238. The molecule has 24 heavy (non-hydrogen) atoms. The van der Waals surface area contributed by atoms with Crippen LogP contribution in [0.15, 0.2) is 35.3 Å². The molecule has 2 fully saturated rings. The van der Waals surface area contributed by atoms with Crippen molar-refractivity contribution in [2.24, 2.45) is 4.99 Å². The molecule has 1 aromatic rings. The van der Waals surface area contributed by atoms with E-state index in [9.17, 15) is 5.11 Å². The smallest absolute Gasteiger partial charge is 0.220 e. The summed E-state index contributed by atoms with van der Waals surface area (Å²) in [4.78, 5) is 4.07. The predicted octanol–water partition coefficient (Wildman–Crippen LogP) is 1.91. The molecule has 2 saturated heterocycles. The highest BCUT2D eigenvalue weighted by atomic mass is 32.1. The zero-order chi connectivity index (χ0) is 17.2. The lowest BCUT2D eigenvalue weighted by Crippen LogP contribution is -2.61. The minimum atomic E-state index is -1.33. The molecule has 7 heteroatoms. The van der Waals surface area contributed by atoms with Crippen LogP contribution in [0, 0.1) is 0 Å². The number of fused-ring (bicyclic) bond motifs is 1. The second-order valence-electron chi connectivity index (χ2n) is 6.37. The van der Waals surface area contributed by atoms with E-state index >= 15 is 0 Å².